The number of rotatable bonds is 5. The highest BCUT2D eigenvalue weighted by Gasteiger charge is 2.16. The molecule has 2 rings (SSSR count). The first-order valence-electron chi connectivity index (χ1n) is 6.47. The first-order valence-corrected chi connectivity index (χ1v) is 6.47. The molecule has 1 aromatic carbocycles. The Labute approximate surface area is 120 Å². The molecule has 4 N–H and O–H groups in total. The van der Waals surface area contributed by atoms with Crippen LogP contribution in [0.1, 0.15) is 17.5 Å². The SMILES string of the molecule is Cc1cc(=O)oc2cc(CC(=O)C(N)CC(N)=O)ccc12. The van der Waals surface area contributed by atoms with Crippen molar-refractivity contribution in [2.24, 2.45) is 11.5 Å². The number of carbonyl (C=O) groups excluding carboxylic acids is 2. The van der Waals surface area contributed by atoms with Crippen LogP contribution in [0.25, 0.3) is 11.0 Å². The van der Waals surface area contributed by atoms with Gasteiger partial charge in [-0.3, -0.25) is 9.59 Å². The van der Waals surface area contributed by atoms with Gasteiger partial charge in [-0.25, -0.2) is 4.79 Å². The molecule has 6 heteroatoms. The van der Waals surface area contributed by atoms with E-state index in [4.69, 9.17) is 15.9 Å². The van der Waals surface area contributed by atoms with Crippen molar-refractivity contribution in [2.45, 2.75) is 25.8 Å². The van der Waals surface area contributed by atoms with Gasteiger partial charge in [-0.2, -0.15) is 0 Å². The number of nitrogens with two attached hydrogens (primary N) is 2. The van der Waals surface area contributed by atoms with E-state index in [2.05, 4.69) is 0 Å². The summed E-state index contributed by atoms with van der Waals surface area (Å²) in [7, 11) is 0. The summed E-state index contributed by atoms with van der Waals surface area (Å²) in [6.07, 6.45) is -0.122. The maximum Gasteiger partial charge on any atom is 0.336 e. The molecule has 0 spiro atoms. The minimum Gasteiger partial charge on any atom is -0.423 e. The zero-order chi connectivity index (χ0) is 15.6. The maximum absolute atomic E-state index is 11.9. The van der Waals surface area contributed by atoms with Gasteiger partial charge >= 0.3 is 5.63 Å². The molecule has 1 atom stereocenters. The van der Waals surface area contributed by atoms with Crippen molar-refractivity contribution in [3.8, 4) is 0 Å². The molecule has 1 aromatic heterocycles. The average molecular weight is 288 g/mol. The zero-order valence-electron chi connectivity index (χ0n) is 11.6. The second kappa shape index (κ2) is 5.88. The third-order valence-electron chi connectivity index (χ3n) is 3.23. The quantitative estimate of drug-likeness (QED) is 0.773. The fraction of sp³-hybridized carbons (Fsp3) is 0.267. The van der Waals surface area contributed by atoms with Crippen LogP contribution in [0.3, 0.4) is 0 Å². The van der Waals surface area contributed by atoms with Crippen LogP contribution in [-0.2, 0) is 16.0 Å². The van der Waals surface area contributed by atoms with Gasteiger partial charge < -0.3 is 15.9 Å². The molecule has 1 heterocycles. The molecule has 6 nitrogen and oxygen atoms in total. The molecule has 110 valence electrons. The lowest BCUT2D eigenvalue weighted by atomic mass is 10.0. The highest BCUT2D eigenvalue weighted by Crippen LogP contribution is 2.18. The number of Topliss-reactive ketones (excluding diaryl/α,β-unsaturated/α-hetero) is 1. The molecule has 0 saturated carbocycles. The number of hydrogen-bond acceptors (Lipinski definition) is 5. The van der Waals surface area contributed by atoms with Crippen LogP contribution < -0.4 is 17.1 Å². The number of aryl methyl sites for hydroxylation is 1. The summed E-state index contributed by atoms with van der Waals surface area (Å²) in [5.41, 5.74) is 12.1. The summed E-state index contributed by atoms with van der Waals surface area (Å²) in [5.74, 6) is -0.904. The van der Waals surface area contributed by atoms with Crippen molar-refractivity contribution in [3.05, 3.63) is 45.8 Å². The zero-order valence-corrected chi connectivity index (χ0v) is 11.6. The number of benzene rings is 1. The molecule has 1 unspecified atom stereocenters. The Morgan fingerprint density at radius 3 is 2.67 bits per heavy atom. The van der Waals surface area contributed by atoms with Crippen LogP contribution >= 0.6 is 0 Å². The van der Waals surface area contributed by atoms with Crippen molar-refractivity contribution in [1.82, 2.24) is 0 Å². The van der Waals surface area contributed by atoms with Gasteiger partial charge in [-0.05, 0) is 24.1 Å². The van der Waals surface area contributed by atoms with E-state index >= 15 is 0 Å². The van der Waals surface area contributed by atoms with Crippen molar-refractivity contribution >= 4 is 22.7 Å². The van der Waals surface area contributed by atoms with Crippen LogP contribution in [0.15, 0.2) is 33.5 Å². The highest BCUT2D eigenvalue weighted by atomic mass is 16.4. The Kier molecular flexibility index (Phi) is 4.18. The Balaban J connectivity index is 2.25. The normalized spacial score (nSPS) is 12.3. The van der Waals surface area contributed by atoms with Gasteiger partial charge in [0, 0.05) is 24.3 Å². The average Bonchev–Trinajstić information content (AvgIpc) is 2.37. The molecule has 21 heavy (non-hydrogen) atoms. The number of fused-ring (bicyclic) bond motifs is 1. The number of amides is 1. The number of primary amides is 1. The van der Waals surface area contributed by atoms with E-state index in [1.165, 1.54) is 6.07 Å². The van der Waals surface area contributed by atoms with E-state index in [0.717, 1.165) is 10.9 Å². The Bertz CT molecular complexity index is 764. The molecule has 0 fully saturated rings. The first kappa shape index (κ1) is 14.9. The third kappa shape index (κ3) is 3.55. The topological polar surface area (TPSA) is 116 Å². The molecule has 2 aromatic rings. The number of carbonyl (C=O) groups is 2. The smallest absolute Gasteiger partial charge is 0.336 e. The first-order chi connectivity index (χ1) is 9.86. The molecule has 0 saturated heterocycles. The summed E-state index contributed by atoms with van der Waals surface area (Å²) >= 11 is 0. The molecule has 0 aliphatic rings. The monoisotopic (exact) mass is 288 g/mol. The van der Waals surface area contributed by atoms with E-state index in [1.54, 1.807) is 18.2 Å². The lowest BCUT2D eigenvalue weighted by Crippen LogP contribution is -2.36. The fourth-order valence-electron chi connectivity index (χ4n) is 2.14. The van der Waals surface area contributed by atoms with Crippen molar-refractivity contribution in [1.29, 1.82) is 0 Å². The molecule has 0 aliphatic carbocycles. The van der Waals surface area contributed by atoms with Gasteiger partial charge in [0.1, 0.15) is 5.58 Å². The number of hydrogen-bond donors (Lipinski definition) is 2. The van der Waals surface area contributed by atoms with Gasteiger partial charge in [0.25, 0.3) is 0 Å². The lowest BCUT2D eigenvalue weighted by Gasteiger charge is -2.09. The van der Waals surface area contributed by atoms with E-state index in [9.17, 15) is 14.4 Å². The predicted octanol–water partition coefficient (Wildman–Crippen LogP) is 0.416. The number of ketones is 1. The van der Waals surface area contributed by atoms with E-state index in [0.29, 0.717) is 11.1 Å². The van der Waals surface area contributed by atoms with Gasteiger partial charge in [0.2, 0.25) is 5.91 Å². The van der Waals surface area contributed by atoms with Crippen molar-refractivity contribution in [2.75, 3.05) is 0 Å². The summed E-state index contributed by atoms with van der Waals surface area (Å²) in [4.78, 5) is 34.0. The van der Waals surface area contributed by atoms with Crippen LogP contribution in [0, 0.1) is 6.92 Å². The minimum absolute atomic E-state index is 0.0576. The molecule has 0 radical (unpaired) electrons. The molecular formula is C15H16N2O4. The summed E-state index contributed by atoms with van der Waals surface area (Å²) in [6, 6.07) is 5.69. The van der Waals surface area contributed by atoms with Gasteiger partial charge in [0.05, 0.1) is 6.04 Å². The van der Waals surface area contributed by atoms with Gasteiger partial charge in [0.15, 0.2) is 5.78 Å². The van der Waals surface area contributed by atoms with Gasteiger partial charge in [-0.1, -0.05) is 12.1 Å². The second-order valence-corrected chi connectivity index (χ2v) is 5.00. The Hall–Kier alpha value is -2.47. The van der Waals surface area contributed by atoms with Crippen molar-refractivity contribution in [3.63, 3.8) is 0 Å². The molecule has 0 bridgehead atoms. The molecule has 0 aliphatic heterocycles. The second-order valence-electron chi connectivity index (χ2n) is 5.00. The molecule has 1 amide bonds. The van der Waals surface area contributed by atoms with Crippen LogP contribution in [-0.4, -0.2) is 17.7 Å². The van der Waals surface area contributed by atoms with Crippen LogP contribution in [0.5, 0.6) is 0 Å². The van der Waals surface area contributed by atoms with Gasteiger partial charge in [-0.15, -0.1) is 0 Å². The molecular weight excluding hydrogens is 272 g/mol. The summed E-state index contributed by atoms with van der Waals surface area (Å²) < 4.78 is 5.12. The highest BCUT2D eigenvalue weighted by molar-refractivity contribution is 5.91. The van der Waals surface area contributed by atoms with Crippen LogP contribution in [0.2, 0.25) is 0 Å². The Morgan fingerprint density at radius 2 is 2.00 bits per heavy atom. The van der Waals surface area contributed by atoms with E-state index in [-0.39, 0.29) is 18.6 Å². The van der Waals surface area contributed by atoms with E-state index in [1.807, 2.05) is 6.92 Å². The maximum atomic E-state index is 11.9. The predicted molar refractivity (Wildman–Crippen MR) is 77.7 cm³/mol. The Morgan fingerprint density at radius 1 is 1.29 bits per heavy atom. The third-order valence-corrected chi connectivity index (χ3v) is 3.23. The lowest BCUT2D eigenvalue weighted by molar-refractivity contribution is -0.124. The van der Waals surface area contributed by atoms with Crippen LogP contribution in [0.4, 0.5) is 0 Å². The fourth-order valence-corrected chi connectivity index (χ4v) is 2.14. The summed E-state index contributed by atoms with van der Waals surface area (Å²) in [6.45, 7) is 1.81. The largest absolute Gasteiger partial charge is 0.423 e. The summed E-state index contributed by atoms with van der Waals surface area (Å²) in [5, 5.41) is 0.812. The van der Waals surface area contributed by atoms with Crippen molar-refractivity contribution < 1.29 is 14.0 Å². The van der Waals surface area contributed by atoms with E-state index < -0.39 is 17.6 Å². The minimum atomic E-state index is -0.914. The standard InChI is InChI=1S/C15H16N2O4/c1-8-4-15(20)21-13-6-9(2-3-10(8)13)5-12(18)11(16)7-14(17)19/h2-4,6,11H,5,7,16H2,1H3,(H2,17,19).